The Balaban J connectivity index is 1.62. The van der Waals surface area contributed by atoms with E-state index in [0.29, 0.717) is 33.7 Å². The van der Waals surface area contributed by atoms with Crippen molar-refractivity contribution in [3.8, 4) is 11.5 Å². The summed E-state index contributed by atoms with van der Waals surface area (Å²) in [6.07, 6.45) is 1.54. The number of hydrogen-bond acceptors (Lipinski definition) is 4. The zero-order valence-corrected chi connectivity index (χ0v) is 19.5. The van der Waals surface area contributed by atoms with E-state index >= 15 is 0 Å². The van der Waals surface area contributed by atoms with Crippen LogP contribution in [0.2, 0.25) is 10.0 Å². The molecule has 0 aliphatic carbocycles. The Morgan fingerprint density at radius 2 is 1.80 bits per heavy atom. The SMILES string of the molecule is COc1cc(/C=N\NC(=O)c2ccc(I)cc2)ccc1OCc1ccc(Cl)c(Cl)c1. The van der Waals surface area contributed by atoms with Crippen molar-refractivity contribution in [2.24, 2.45) is 5.10 Å². The van der Waals surface area contributed by atoms with Crippen molar-refractivity contribution >= 4 is 57.9 Å². The van der Waals surface area contributed by atoms with Crippen LogP contribution >= 0.6 is 45.8 Å². The Morgan fingerprint density at radius 1 is 1.03 bits per heavy atom. The van der Waals surface area contributed by atoms with Crippen LogP contribution in [-0.4, -0.2) is 19.2 Å². The lowest BCUT2D eigenvalue weighted by molar-refractivity contribution is 0.0955. The van der Waals surface area contributed by atoms with Crippen LogP contribution < -0.4 is 14.9 Å². The molecule has 0 bridgehead atoms. The molecule has 3 rings (SSSR count). The molecule has 0 radical (unpaired) electrons. The van der Waals surface area contributed by atoms with E-state index in [9.17, 15) is 4.79 Å². The molecule has 1 amide bonds. The summed E-state index contributed by atoms with van der Waals surface area (Å²) in [4.78, 5) is 12.1. The number of hydrogen-bond donors (Lipinski definition) is 1. The number of nitrogens with one attached hydrogen (secondary N) is 1. The zero-order valence-electron chi connectivity index (χ0n) is 15.9. The van der Waals surface area contributed by atoms with Crippen molar-refractivity contribution in [3.05, 3.63) is 91.0 Å². The van der Waals surface area contributed by atoms with Gasteiger partial charge < -0.3 is 9.47 Å². The van der Waals surface area contributed by atoms with Gasteiger partial charge in [-0.15, -0.1) is 0 Å². The zero-order chi connectivity index (χ0) is 21.5. The predicted octanol–water partition coefficient (Wildman–Crippen LogP) is 5.95. The number of carbonyl (C=O) groups excluding carboxylic acids is 1. The molecule has 0 saturated heterocycles. The summed E-state index contributed by atoms with van der Waals surface area (Å²) in [6.45, 7) is 0.312. The van der Waals surface area contributed by atoms with E-state index in [0.717, 1.165) is 14.7 Å². The third-order valence-corrected chi connectivity index (χ3v) is 5.51. The highest BCUT2D eigenvalue weighted by atomic mass is 127. The normalized spacial score (nSPS) is 10.8. The van der Waals surface area contributed by atoms with Crippen LogP contribution in [0, 0.1) is 3.57 Å². The molecule has 154 valence electrons. The van der Waals surface area contributed by atoms with Crippen LogP contribution in [0.4, 0.5) is 0 Å². The summed E-state index contributed by atoms with van der Waals surface area (Å²) in [5, 5.41) is 4.98. The van der Waals surface area contributed by atoms with Crippen LogP contribution in [0.5, 0.6) is 11.5 Å². The van der Waals surface area contributed by atoms with Gasteiger partial charge >= 0.3 is 0 Å². The van der Waals surface area contributed by atoms with Crippen molar-refractivity contribution in [2.45, 2.75) is 6.61 Å². The van der Waals surface area contributed by atoms with Crippen LogP contribution in [-0.2, 0) is 6.61 Å². The molecule has 8 heteroatoms. The van der Waals surface area contributed by atoms with Crippen LogP contribution in [0.1, 0.15) is 21.5 Å². The molecule has 0 heterocycles. The summed E-state index contributed by atoms with van der Waals surface area (Å²) in [7, 11) is 1.56. The molecule has 0 aliphatic heterocycles. The van der Waals surface area contributed by atoms with Gasteiger partial charge in [0.2, 0.25) is 0 Å². The van der Waals surface area contributed by atoms with Crippen molar-refractivity contribution in [1.29, 1.82) is 0 Å². The first-order chi connectivity index (χ1) is 14.5. The predicted molar refractivity (Wildman–Crippen MR) is 128 cm³/mol. The topological polar surface area (TPSA) is 59.9 Å². The van der Waals surface area contributed by atoms with Crippen molar-refractivity contribution in [1.82, 2.24) is 5.43 Å². The van der Waals surface area contributed by atoms with E-state index in [4.69, 9.17) is 32.7 Å². The minimum atomic E-state index is -0.281. The molecule has 0 aromatic heterocycles. The number of carbonyl (C=O) groups is 1. The fraction of sp³-hybridized carbons (Fsp3) is 0.0909. The van der Waals surface area contributed by atoms with Crippen molar-refractivity contribution < 1.29 is 14.3 Å². The molecule has 1 N–H and O–H groups in total. The minimum absolute atomic E-state index is 0.281. The van der Waals surface area contributed by atoms with E-state index < -0.39 is 0 Å². The van der Waals surface area contributed by atoms with E-state index in [1.807, 2.05) is 24.3 Å². The second-order valence-corrected chi connectivity index (χ2v) is 8.21. The van der Waals surface area contributed by atoms with Gasteiger partial charge in [0.05, 0.1) is 23.4 Å². The Bertz CT molecular complexity index is 1070. The number of amides is 1. The highest BCUT2D eigenvalue weighted by Crippen LogP contribution is 2.29. The second-order valence-electron chi connectivity index (χ2n) is 6.15. The first-order valence-electron chi connectivity index (χ1n) is 8.80. The van der Waals surface area contributed by atoms with Crippen LogP contribution in [0.25, 0.3) is 0 Å². The van der Waals surface area contributed by atoms with Crippen LogP contribution in [0.3, 0.4) is 0 Å². The second kappa shape index (κ2) is 10.7. The van der Waals surface area contributed by atoms with Gasteiger partial charge in [-0.25, -0.2) is 5.43 Å². The van der Waals surface area contributed by atoms with E-state index in [1.54, 1.807) is 43.5 Å². The summed E-state index contributed by atoms with van der Waals surface area (Å²) in [5.41, 5.74) is 4.68. The molecular weight excluding hydrogens is 538 g/mol. The lowest BCUT2D eigenvalue weighted by atomic mass is 10.2. The average molecular weight is 555 g/mol. The van der Waals surface area contributed by atoms with Gasteiger partial charge in [0.25, 0.3) is 5.91 Å². The molecule has 5 nitrogen and oxygen atoms in total. The molecule has 0 spiro atoms. The molecule has 3 aromatic carbocycles. The number of halogens is 3. The average Bonchev–Trinajstić information content (AvgIpc) is 2.75. The van der Waals surface area contributed by atoms with Gasteiger partial charge in [-0.1, -0.05) is 29.3 Å². The number of benzene rings is 3. The monoisotopic (exact) mass is 554 g/mol. The quantitative estimate of drug-likeness (QED) is 0.223. The maximum atomic E-state index is 12.1. The standard InChI is InChI=1S/C22H17Cl2IN2O3/c1-29-21-11-14(12-26-27-22(28)16-4-6-17(25)7-5-16)3-9-20(21)30-13-15-2-8-18(23)19(24)10-15/h2-12H,13H2,1H3,(H,27,28)/b26-12-. The number of methoxy groups -OCH3 is 1. The first-order valence-corrected chi connectivity index (χ1v) is 10.6. The smallest absolute Gasteiger partial charge is 0.271 e. The Hall–Kier alpha value is -2.29. The maximum absolute atomic E-state index is 12.1. The maximum Gasteiger partial charge on any atom is 0.271 e. The highest BCUT2D eigenvalue weighted by Gasteiger charge is 2.07. The molecule has 0 saturated carbocycles. The molecular formula is C22H17Cl2IN2O3. The molecule has 0 unspecified atom stereocenters. The number of rotatable bonds is 7. The summed E-state index contributed by atoms with van der Waals surface area (Å²) < 4.78 is 12.3. The summed E-state index contributed by atoms with van der Waals surface area (Å²) >= 11 is 14.2. The van der Waals surface area contributed by atoms with Gasteiger partial charge in [0, 0.05) is 9.13 Å². The molecule has 0 fully saturated rings. The number of ether oxygens (including phenoxy) is 2. The number of nitrogens with zero attached hydrogens (tertiary/aromatic N) is 1. The fourth-order valence-electron chi connectivity index (χ4n) is 2.51. The molecule has 30 heavy (non-hydrogen) atoms. The van der Waals surface area contributed by atoms with E-state index in [-0.39, 0.29) is 5.91 Å². The van der Waals surface area contributed by atoms with Gasteiger partial charge in [0.15, 0.2) is 11.5 Å². The van der Waals surface area contributed by atoms with Crippen molar-refractivity contribution in [2.75, 3.05) is 7.11 Å². The molecule has 0 atom stereocenters. The summed E-state index contributed by atoms with van der Waals surface area (Å²) in [6, 6.07) is 17.9. The summed E-state index contributed by atoms with van der Waals surface area (Å²) in [5.74, 6) is 0.836. The van der Waals surface area contributed by atoms with Crippen LogP contribution in [0.15, 0.2) is 65.8 Å². The highest BCUT2D eigenvalue weighted by molar-refractivity contribution is 14.1. The van der Waals surface area contributed by atoms with Gasteiger partial charge in [0.1, 0.15) is 6.61 Å². The Labute approximate surface area is 198 Å². The fourth-order valence-corrected chi connectivity index (χ4v) is 3.19. The Morgan fingerprint density at radius 3 is 2.50 bits per heavy atom. The largest absolute Gasteiger partial charge is 0.493 e. The Kier molecular flexibility index (Phi) is 7.95. The molecule has 3 aromatic rings. The minimum Gasteiger partial charge on any atom is -0.493 e. The van der Waals surface area contributed by atoms with Gasteiger partial charge in [-0.2, -0.15) is 5.10 Å². The third kappa shape index (κ3) is 6.10. The number of hydrazone groups is 1. The van der Waals surface area contributed by atoms with E-state index in [1.165, 1.54) is 6.21 Å². The van der Waals surface area contributed by atoms with Gasteiger partial charge in [-0.3, -0.25) is 4.79 Å². The lowest BCUT2D eigenvalue weighted by Gasteiger charge is -2.11. The van der Waals surface area contributed by atoms with E-state index in [2.05, 4.69) is 33.1 Å². The van der Waals surface area contributed by atoms with Crippen molar-refractivity contribution in [3.63, 3.8) is 0 Å². The molecule has 0 aliphatic rings. The lowest BCUT2D eigenvalue weighted by Crippen LogP contribution is -2.17. The third-order valence-electron chi connectivity index (χ3n) is 4.05. The first kappa shape index (κ1) is 22.4. The van der Waals surface area contributed by atoms with Gasteiger partial charge in [-0.05, 0) is 88.3 Å².